The molecule has 2 rings (SSSR count). The Morgan fingerprint density at radius 3 is 3.00 bits per heavy atom. The van der Waals surface area contributed by atoms with Crippen molar-refractivity contribution in [3.8, 4) is 0 Å². The van der Waals surface area contributed by atoms with Crippen LogP contribution in [-0.2, 0) is 4.74 Å². The number of hydrogen-bond donors (Lipinski definition) is 1. The number of rotatable bonds is 3. The van der Waals surface area contributed by atoms with E-state index >= 15 is 0 Å². The van der Waals surface area contributed by atoms with Gasteiger partial charge < -0.3 is 10.1 Å². The predicted molar refractivity (Wildman–Crippen MR) is 52.8 cm³/mol. The minimum atomic E-state index is 0.746. The zero-order valence-corrected chi connectivity index (χ0v) is 8.62. The zero-order valence-electron chi connectivity index (χ0n) is 8.62. The molecule has 0 amide bonds. The molecular formula is C10H20N2O. The zero-order chi connectivity index (χ0) is 9.26. The third kappa shape index (κ3) is 1.73. The molecular weight excluding hydrogens is 164 g/mol. The lowest BCUT2D eigenvalue weighted by Crippen LogP contribution is -2.35. The van der Waals surface area contributed by atoms with E-state index in [2.05, 4.69) is 17.1 Å². The Morgan fingerprint density at radius 1 is 1.46 bits per heavy atom. The Bertz CT molecular complexity index is 174. The van der Waals surface area contributed by atoms with Gasteiger partial charge in [-0.1, -0.05) is 0 Å². The van der Waals surface area contributed by atoms with Crippen LogP contribution in [0.1, 0.15) is 6.92 Å². The van der Waals surface area contributed by atoms with Crippen molar-refractivity contribution in [1.82, 2.24) is 10.2 Å². The molecule has 2 heterocycles. The predicted octanol–water partition coefficient (Wildman–Crippen LogP) is 0.173. The van der Waals surface area contributed by atoms with Crippen LogP contribution >= 0.6 is 0 Å². The van der Waals surface area contributed by atoms with Crippen molar-refractivity contribution in [2.45, 2.75) is 13.0 Å². The number of fused-ring (bicyclic) bond motifs is 1. The maximum Gasteiger partial charge on any atom is 0.0589 e. The summed E-state index contributed by atoms with van der Waals surface area (Å²) < 4.78 is 5.12. The molecule has 3 unspecified atom stereocenters. The van der Waals surface area contributed by atoms with Crippen LogP contribution in [0, 0.1) is 11.8 Å². The van der Waals surface area contributed by atoms with E-state index in [0.29, 0.717) is 0 Å². The lowest BCUT2D eigenvalue weighted by atomic mass is 9.95. The van der Waals surface area contributed by atoms with Crippen LogP contribution in [0.25, 0.3) is 0 Å². The molecule has 2 aliphatic rings. The summed E-state index contributed by atoms with van der Waals surface area (Å²) in [5, 5.41) is 3.47. The summed E-state index contributed by atoms with van der Waals surface area (Å²) in [6.07, 6.45) is 0. The van der Waals surface area contributed by atoms with Crippen molar-refractivity contribution in [1.29, 1.82) is 0 Å². The minimum absolute atomic E-state index is 0.746. The molecule has 3 nitrogen and oxygen atoms in total. The monoisotopic (exact) mass is 184 g/mol. The Hall–Kier alpha value is -0.120. The molecule has 1 N–H and O–H groups in total. The van der Waals surface area contributed by atoms with Crippen LogP contribution in [0.3, 0.4) is 0 Å². The highest BCUT2D eigenvalue weighted by molar-refractivity contribution is 4.96. The Labute approximate surface area is 80.4 Å². The van der Waals surface area contributed by atoms with Crippen molar-refractivity contribution in [3.63, 3.8) is 0 Å². The Balaban J connectivity index is 1.87. The number of ether oxygens (including phenoxy) is 1. The number of likely N-dealkylation sites (tertiary alicyclic amines) is 1. The van der Waals surface area contributed by atoms with Crippen molar-refractivity contribution >= 4 is 0 Å². The second kappa shape index (κ2) is 3.95. The van der Waals surface area contributed by atoms with Gasteiger partial charge in [-0.3, -0.25) is 4.90 Å². The lowest BCUT2D eigenvalue weighted by Gasteiger charge is -2.23. The topological polar surface area (TPSA) is 24.5 Å². The summed E-state index contributed by atoms with van der Waals surface area (Å²) in [4.78, 5) is 2.57. The third-order valence-corrected chi connectivity index (χ3v) is 3.64. The summed E-state index contributed by atoms with van der Waals surface area (Å²) in [6.45, 7) is 8.03. The van der Waals surface area contributed by atoms with Crippen molar-refractivity contribution in [3.05, 3.63) is 0 Å². The molecule has 0 aromatic heterocycles. The molecule has 2 saturated heterocycles. The lowest BCUT2D eigenvalue weighted by molar-refractivity contribution is 0.137. The standard InChI is InChI=1S/C10H20N2O/c1-8-10-6-11-5-9(10)7-12(8)3-4-13-2/h8-11H,3-7H2,1-2H3. The van der Waals surface area contributed by atoms with Crippen LogP contribution < -0.4 is 5.32 Å². The summed E-state index contributed by atoms with van der Waals surface area (Å²) in [5.41, 5.74) is 0. The van der Waals surface area contributed by atoms with Crippen LogP contribution in [0.4, 0.5) is 0 Å². The smallest absolute Gasteiger partial charge is 0.0589 e. The van der Waals surface area contributed by atoms with Gasteiger partial charge >= 0.3 is 0 Å². The molecule has 13 heavy (non-hydrogen) atoms. The normalized spacial score (nSPS) is 39.7. The maximum atomic E-state index is 5.12. The molecule has 76 valence electrons. The molecule has 2 fully saturated rings. The Kier molecular flexibility index (Phi) is 2.86. The van der Waals surface area contributed by atoms with Crippen LogP contribution in [0.15, 0.2) is 0 Å². The number of nitrogens with zero attached hydrogens (tertiary/aromatic N) is 1. The van der Waals surface area contributed by atoms with Gasteiger partial charge in [0, 0.05) is 26.2 Å². The number of methoxy groups -OCH3 is 1. The molecule has 0 radical (unpaired) electrons. The maximum absolute atomic E-state index is 5.12. The van der Waals surface area contributed by atoms with E-state index in [1.165, 1.54) is 19.6 Å². The number of hydrogen-bond acceptors (Lipinski definition) is 3. The second-order valence-electron chi connectivity index (χ2n) is 4.31. The van der Waals surface area contributed by atoms with Crippen molar-refractivity contribution in [2.24, 2.45) is 11.8 Å². The van der Waals surface area contributed by atoms with Gasteiger partial charge in [0.25, 0.3) is 0 Å². The van der Waals surface area contributed by atoms with Crippen LogP contribution in [0.2, 0.25) is 0 Å². The number of nitrogens with one attached hydrogen (secondary N) is 1. The van der Waals surface area contributed by atoms with Gasteiger partial charge in [0.15, 0.2) is 0 Å². The highest BCUT2D eigenvalue weighted by atomic mass is 16.5. The van der Waals surface area contributed by atoms with Crippen LogP contribution in [0.5, 0.6) is 0 Å². The Morgan fingerprint density at radius 2 is 2.31 bits per heavy atom. The summed E-state index contributed by atoms with van der Waals surface area (Å²) in [6, 6.07) is 0.746. The summed E-state index contributed by atoms with van der Waals surface area (Å²) >= 11 is 0. The first-order valence-corrected chi connectivity index (χ1v) is 5.26. The van der Waals surface area contributed by atoms with Gasteiger partial charge in [0.2, 0.25) is 0 Å². The average Bonchev–Trinajstić information content (AvgIpc) is 2.67. The molecule has 2 aliphatic heterocycles. The molecule has 3 heteroatoms. The van der Waals surface area contributed by atoms with E-state index < -0.39 is 0 Å². The van der Waals surface area contributed by atoms with Crippen molar-refractivity contribution < 1.29 is 4.74 Å². The van der Waals surface area contributed by atoms with Gasteiger partial charge in [-0.05, 0) is 31.8 Å². The van der Waals surface area contributed by atoms with E-state index in [-0.39, 0.29) is 0 Å². The van der Waals surface area contributed by atoms with Gasteiger partial charge in [-0.2, -0.15) is 0 Å². The first-order valence-electron chi connectivity index (χ1n) is 5.26. The molecule has 0 spiro atoms. The van der Waals surface area contributed by atoms with E-state index in [0.717, 1.165) is 31.0 Å². The molecule has 0 saturated carbocycles. The first kappa shape index (κ1) is 9.44. The minimum Gasteiger partial charge on any atom is -0.383 e. The molecule has 3 atom stereocenters. The summed E-state index contributed by atoms with van der Waals surface area (Å²) in [7, 11) is 1.78. The fourth-order valence-electron chi connectivity index (χ4n) is 2.76. The molecule has 0 aliphatic carbocycles. The quantitative estimate of drug-likeness (QED) is 0.677. The van der Waals surface area contributed by atoms with E-state index in [1.807, 2.05) is 0 Å². The third-order valence-electron chi connectivity index (χ3n) is 3.64. The van der Waals surface area contributed by atoms with E-state index in [4.69, 9.17) is 4.74 Å². The molecule has 0 bridgehead atoms. The highest BCUT2D eigenvalue weighted by Crippen LogP contribution is 2.31. The van der Waals surface area contributed by atoms with Gasteiger partial charge in [-0.15, -0.1) is 0 Å². The molecule has 0 aromatic rings. The molecule has 0 aromatic carbocycles. The van der Waals surface area contributed by atoms with Gasteiger partial charge in [0.1, 0.15) is 0 Å². The summed E-state index contributed by atoms with van der Waals surface area (Å²) in [5.74, 6) is 1.78. The fraction of sp³-hybridized carbons (Fsp3) is 1.00. The van der Waals surface area contributed by atoms with Gasteiger partial charge in [0.05, 0.1) is 6.61 Å². The fourth-order valence-corrected chi connectivity index (χ4v) is 2.76. The van der Waals surface area contributed by atoms with E-state index in [1.54, 1.807) is 7.11 Å². The van der Waals surface area contributed by atoms with Gasteiger partial charge in [-0.25, -0.2) is 0 Å². The largest absolute Gasteiger partial charge is 0.383 e. The van der Waals surface area contributed by atoms with Crippen LogP contribution in [-0.4, -0.2) is 50.8 Å². The highest BCUT2D eigenvalue weighted by Gasteiger charge is 2.41. The average molecular weight is 184 g/mol. The van der Waals surface area contributed by atoms with Crippen molar-refractivity contribution in [2.75, 3.05) is 39.9 Å². The first-order chi connectivity index (χ1) is 6.33. The van der Waals surface area contributed by atoms with E-state index in [9.17, 15) is 0 Å². The SMILES string of the molecule is COCCN1CC2CNCC2C1C. The second-order valence-corrected chi connectivity index (χ2v) is 4.31.